The highest BCUT2D eigenvalue weighted by atomic mass is 16.5. The van der Waals surface area contributed by atoms with E-state index < -0.39 is 0 Å². The Bertz CT molecular complexity index is 2540. The number of aryl methyl sites for hydroxylation is 6. The summed E-state index contributed by atoms with van der Waals surface area (Å²) in [6.45, 7) is 20.6. The van der Waals surface area contributed by atoms with Crippen LogP contribution >= 0.6 is 0 Å². The average Bonchev–Trinajstić information content (AvgIpc) is 3.70. The zero-order valence-corrected chi connectivity index (χ0v) is 32.4. The number of rotatable bonds is 6. The molecule has 0 aliphatic carbocycles. The molecule has 0 saturated heterocycles. The summed E-state index contributed by atoms with van der Waals surface area (Å²) in [4.78, 5) is 9.53. The van der Waals surface area contributed by atoms with Crippen LogP contribution in [0, 0.1) is 41.5 Å². The van der Waals surface area contributed by atoms with Crippen molar-refractivity contribution in [1.29, 1.82) is 0 Å². The van der Waals surface area contributed by atoms with E-state index in [-0.39, 0.29) is 5.41 Å². The molecule has 53 heavy (non-hydrogen) atoms. The second kappa shape index (κ2) is 13.0. The average molecular weight is 697 g/mol. The van der Waals surface area contributed by atoms with Gasteiger partial charge in [-0.1, -0.05) is 74.4 Å². The summed E-state index contributed by atoms with van der Waals surface area (Å²) in [6, 6.07) is 35.1. The molecular weight excluding hydrogens is 649 g/mol. The fourth-order valence-electron chi connectivity index (χ4n) is 8.35. The largest absolute Gasteiger partial charge is 0.457 e. The van der Waals surface area contributed by atoms with E-state index in [1.54, 1.807) is 0 Å². The molecule has 0 unspecified atom stereocenters. The van der Waals surface area contributed by atoms with Crippen LogP contribution < -0.4 is 14.5 Å². The Morgan fingerprint density at radius 1 is 0.604 bits per heavy atom. The SMILES string of the molecule is Cc1cc(C)c(-c2cc(Oc3ccc4c5ccccc5n(-c5cc(C(C)(C)C)ccn5)c4c3)cc(N3C=CN(c4c(C)cc(C)cc4C)C3)c2)c(C)c1. The molecule has 3 heterocycles. The van der Waals surface area contributed by atoms with Crippen LogP contribution in [0.25, 0.3) is 38.8 Å². The lowest BCUT2D eigenvalue weighted by molar-refractivity contribution is 0.483. The lowest BCUT2D eigenvalue weighted by Gasteiger charge is -2.25. The summed E-state index contributed by atoms with van der Waals surface area (Å²) in [7, 11) is 0. The molecule has 0 bridgehead atoms. The Balaban J connectivity index is 1.23. The highest BCUT2D eigenvalue weighted by Gasteiger charge is 2.22. The molecule has 7 aromatic rings. The molecule has 8 rings (SSSR count). The first-order chi connectivity index (χ1) is 25.3. The van der Waals surface area contributed by atoms with E-state index in [9.17, 15) is 0 Å². The van der Waals surface area contributed by atoms with Gasteiger partial charge in [0.2, 0.25) is 0 Å². The van der Waals surface area contributed by atoms with Crippen molar-refractivity contribution in [2.45, 2.75) is 67.7 Å². The van der Waals surface area contributed by atoms with E-state index in [4.69, 9.17) is 9.72 Å². The molecule has 0 N–H and O–H groups in total. The van der Waals surface area contributed by atoms with Gasteiger partial charge in [-0.25, -0.2) is 4.98 Å². The minimum Gasteiger partial charge on any atom is -0.457 e. The van der Waals surface area contributed by atoms with Crippen LogP contribution in [0.5, 0.6) is 11.5 Å². The number of ether oxygens (including phenoxy) is 1. The maximum atomic E-state index is 6.88. The quantitative estimate of drug-likeness (QED) is 0.173. The smallest absolute Gasteiger partial charge is 0.137 e. The first-order valence-electron chi connectivity index (χ1n) is 18.5. The fraction of sp³-hybridized carbons (Fsp3) is 0.229. The molecule has 1 aliphatic heterocycles. The van der Waals surface area contributed by atoms with Crippen molar-refractivity contribution in [3.8, 4) is 28.4 Å². The second-order valence-corrected chi connectivity index (χ2v) is 15.9. The van der Waals surface area contributed by atoms with Crippen LogP contribution in [-0.4, -0.2) is 16.2 Å². The molecule has 0 fully saturated rings. The molecule has 0 atom stereocenters. The van der Waals surface area contributed by atoms with Crippen LogP contribution in [0.4, 0.5) is 11.4 Å². The van der Waals surface area contributed by atoms with Crippen molar-refractivity contribution in [2.24, 2.45) is 0 Å². The minimum atomic E-state index is 0.000952. The normalized spacial score (nSPS) is 13.2. The van der Waals surface area contributed by atoms with Gasteiger partial charge in [-0.3, -0.25) is 4.57 Å². The lowest BCUT2D eigenvalue weighted by Crippen LogP contribution is -2.25. The van der Waals surface area contributed by atoms with Gasteiger partial charge in [-0.05, 0) is 128 Å². The van der Waals surface area contributed by atoms with Crippen molar-refractivity contribution in [2.75, 3.05) is 16.5 Å². The standard InChI is InChI=1S/C48H48N4O/c1-30-20-32(3)46(33(4)21-30)36-24-38(50-18-19-51(29-50)47-34(5)22-31(2)23-35(47)6)27-40(25-36)53-39-14-15-42-41-12-10-11-13-43(41)52(44(42)28-39)45-26-37(16-17-49-45)48(7,8)9/h10-28H,29H2,1-9H3. The molecule has 266 valence electrons. The molecule has 2 aromatic heterocycles. The van der Waals surface area contributed by atoms with Gasteiger partial charge in [0.05, 0.1) is 17.7 Å². The predicted molar refractivity (Wildman–Crippen MR) is 223 cm³/mol. The molecule has 0 saturated carbocycles. The van der Waals surface area contributed by atoms with Gasteiger partial charge in [-0.15, -0.1) is 0 Å². The Morgan fingerprint density at radius 3 is 1.98 bits per heavy atom. The third-order valence-electron chi connectivity index (χ3n) is 10.6. The number of para-hydroxylation sites is 1. The summed E-state index contributed by atoms with van der Waals surface area (Å²) < 4.78 is 9.15. The third kappa shape index (κ3) is 6.35. The number of hydrogen-bond acceptors (Lipinski definition) is 4. The summed E-state index contributed by atoms with van der Waals surface area (Å²) >= 11 is 0. The van der Waals surface area contributed by atoms with Crippen LogP contribution in [0.3, 0.4) is 0 Å². The molecule has 1 aliphatic rings. The summed E-state index contributed by atoms with van der Waals surface area (Å²) in [6.07, 6.45) is 6.30. The number of pyridine rings is 1. The summed E-state index contributed by atoms with van der Waals surface area (Å²) in [5, 5.41) is 2.36. The number of nitrogens with zero attached hydrogens (tertiary/aromatic N) is 4. The van der Waals surface area contributed by atoms with Crippen LogP contribution in [0.1, 0.15) is 59.7 Å². The van der Waals surface area contributed by atoms with Gasteiger partial charge in [0.25, 0.3) is 0 Å². The van der Waals surface area contributed by atoms with Gasteiger partial charge in [0, 0.05) is 52.9 Å². The Labute approximate surface area is 313 Å². The van der Waals surface area contributed by atoms with Gasteiger partial charge < -0.3 is 14.5 Å². The van der Waals surface area contributed by atoms with Gasteiger partial charge in [-0.2, -0.15) is 0 Å². The highest BCUT2D eigenvalue weighted by molar-refractivity contribution is 6.09. The Kier molecular flexibility index (Phi) is 8.41. The highest BCUT2D eigenvalue weighted by Crippen LogP contribution is 2.40. The van der Waals surface area contributed by atoms with Gasteiger partial charge >= 0.3 is 0 Å². The number of benzene rings is 5. The summed E-state index contributed by atoms with van der Waals surface area (Å²) in [5.41, 5.74) is 15.8. The topological polar surface area (TPSA) is 33.5 Å². The lowest BCUT2D eigenvalue weighted by atomic mass is 9.88. The van der Waals surface area contributed by atoms with Crippen molar-refractivity contribution < 1.29 is 4.74 Å². The monoisotopic (exact) mass is 696 g/mol. The van der Waals surface area contributed by atoms with Gasteiger partial charge in [0.15, 0.2) is 0 Å². The van der Waals surface area contributed by atoms with Crippen LogP contribution in [0.15, 0.2) is 116 Å². The molecule has 5 nitrogen and oxygen atoms in total. The van der Waals surface area contributed by atoms with Crippen molar-refractivity contribution in [1.82, 2.24) is 9.55 Å². The van der Waals surface area contributed by atoms with E-state index in [0.29, 0.717) is 6.67 Å². The van der Waals surface area contributed by atoms with Crippen molar-refractivity contribution in [3.05, 3.63) is 155 Å². The first kappa shape index (κ1) is 34.3. The van der Waals surface area contributed by atoms with Crippen LogP contribution in [-0.2, 0) is 5.41 Å². The first-order valence-corrected chi connectivity index (χ1v) is 18.5. The number of aromatic nitrogens is 2. The molecule has 0 spiro atoms. The van der Waals surface area contributed by atoms with Crippen LogP contribution in [0.2, 0.25) is 0 Å². The predicted octanol–water partition coefficient (Wildman–Crippen LogP) is 12.5. The number of hydrogen-bond donors (Lipinski definition) is 0. The molecule has 5 heteroatoms. The molecule has 0 amide bonds. The number of fused-ring (bicyclic) bond motifs is 3. The molecule has 0 radical (unpaired) electrons. The van der Waals surface area contributed by atoms with E-state index in [1.165, 1.54) is 61.0 Å². The summed E-state index contributed by atoms with van der Waals surface area (Å²) in [5.74, 6) is 2.47. The molecular formula is C48H48N4O. The minimum absolute atomic E-state index is 0.000952. The Hall–Kier alpha value is -5.81. The van der Waals surface area contributed by atoms with Gasteiger partial charge in [0.1, 0.15) is 17.3 Å². The molecule has 5 aromatic carbocycles. The van der Waals surface area contributed by atoms with E-state index in [0.717, 1.165) is 39.6 Å². The number of anilines is 2. The zero-order chi connectivity index (χ0) is 37.2. The third-order valence-corrected chi connectivity index (χ3v) is 10.6. The van der Waals surface area contributed by atoms with Crippen molar-refractivity contribution in [3.63, 3.8) is 0 Å². The maximum Gasteiger partial charge on any atom is 0.137 e. The van der Waals surface area contributed by atoms with E-state index >= 15 is 0 Å². The fourth-order valence-corrected chi connectivity index (χ4v) is 8.35. The zero-order valence-electron chi connectivity index (χ0n) is 32.4. The Morgan fingerprint density at radius 2 is 1.26 bits per heavy atom. The maximum absolute atomic E-state index is 6.88. The van der Waals surface area contributed by atoms with Crippen molar-refractivity contribution >= 4 is 33.2 Å². The van der Waals surface area contributed by atoms with E-state index in [1.807, 2.05) is 6.20 Å². The van der Waals surface area contributed by atoms with E-state index in [2.05, 4.69) is 186 Å². The second-order valence-electron chi connectivity index (χ2n) is 15.9.